The summed E-state index contributed by atoms with van der Waals surface area (Å²) in [7, 11) is 0. The molecule has 2 heterocycles. The SMILES string of the molecule is O=C(O)C=Cc1ccc(CNC(=O)c2ccon2)s1. The molecule has 0 radical (unpaired) electrons. The third kappa shape index (κ3) is 3.78. The average Bonchev–Trinajstić information content (AvgIpc) is 3.04. The van der Waals surface area contributed by atoms with E-state index in [1.807, 2.05) is 6.07 Å². The van der Waals surface area contributed by atoms with E-state index in [-0.39, 0.29) is 11.6 Å². The highest BCUT2D eigenvalue weighted by Gasteiger charge is 2.08. The fourth-order valence-electron chi connectivity index (χ4n) is 1.32. The second-order valence-corrected chi connectivity index (χ2v) is 4.74. The number of carbonyl (C=O) groups is 2. The van der Waals surface area contributed by atoms with E-state index in [4.69, 9.17) is 5.11 Å². The summed E-state index contributed by atoms with van der Waals surface area (Å²) in [6.45, 7) is 0.358. The first-order chi connectivity index (χ1) is 9.15. The van der Waals surface area contributed by atoms with Crippen LogP contribution in [0.4, 0.5) is 0 Å². The van der Waals surface area contributed by atoms with Crippen LogP contribution in [-0.2, 0) is 11.3 Å². The Morgan fingerprint density at radius 3 is 2.95 bits per heavy atom. The summed E-state index contributed by atoms with van der Waals surface area (Å²) in [6.07, 6.45) is 3.91. The number of aromatic nitrogens is 1. The number of rotatable bonds is 5. The molecule has 6 nitrogen and oxygen atoms in total. The number of hydrogen-bond donors (Lipinski definition) is 2. The predicted octanol–water partition coefficient (Wildman–Crippen LogP) is 1.76. The lowest BCUT2D eigenvalue weighted by Crippen LogP contribution is -2.22. The van der Waals surface area contributed by atoms with Crippen LogP contribution < -0.4 is 5.32 Å². The summed E-state index contributed by atoms with van der Waals surface area (Å²) in [6, 6.07) is 5.10. The Kier molecular flexibility index (Phi) is 4.09. The molecule has 0 aliphatic heterocycles. The van der Waals surface area contributed by atoms with Gasteiger partial charge >= 0.3 is 5.97 Å². The molecular formula is C12H10N2O4S. The molecule has 2 aromatic heterocycles. The number of carboxylic acid groups (broad SMARTS) is 1. The molecular weight excluding hydrogens is 268 g/mol. The number of carboxylic acids is 1. The zero-order valence-electron chi connectivity index (χ0n) is 9.70. The van der Waals surface area contributed by atoms with Crippen LogP contribution in [0.5, 0.6) is 0 Å². The monoisotopic (exact) mass is 278 g/mol. The van der Waals surface area contributed by atoms with Crippen LogP contribution in [0.15, 0.2) is 35.1 Å². The Balaban J connectivity index is 1.90. The third-order valence-electron chi connectivity index (χ3n) is 2.17. The van der Waals surface area contributed by atoms with E-state index in [1.165, 1.54) is 29.7 Å². The second kappa shape index (κ2) is 5.96. The molecule has 2 aromatic rings. The molecule has 0 saturated carbocycles. The zero-order valence-corrected chi connectivity index (χ0v) is 10.5. The van der Waals surface area contributed by atoms with Crippen molar-refractivity contribution in [2.75, 3.05) is 0 Å². The molecule has 0 atom stereocenters. The molecule has 7 heteroatoms. The molecule has 0 saturated heterocycles. The highest BCUT2D eigenvalue weighted by molar-refractivity contribution is 7.12. The Morgan fingerprint density at radius 1 is 1.42 bits per heavy atom. The van der Waals surface area contributed by atoms with Crippen molar-refractivity contribution in [1.82, 2.24) is 10.5 Å². The maximum atomic E-state index is 11.6. The number of carbonyl (C=O) groups excluding carboxylic acids is 1. The molecule has 0 aliphatic rings. The van der Waals surface area contributed by atoms with Crippen LogP contribution in [0.2, 0.25) is 0 Å². The number of nitrogens with one attached hydrogen (secondary N) is 1. The predicted molar refractivity (Wildman–Crippen MR) is 68.7 cm³/mol. The summed E-state index contributed by atoms with van der Waals surface area (Å²) in [5.74, 6) is -1.31. The van der Waals surface area contributed by atoms with Gasteiger partial charge in [0.25, 0.3) is 5.91 Å². The van der Waals surface area contributed by atoms with Gasteiger partial charge < -0.3 is 14.9 Å². The minimum atomic E-state index is -0.991. The largest absolute Gasteiger partial charge is 0.478 e. The van der Waals surface area contributed by atoms with Gasteiger partial charge in [0.15, 0.2) is 5.69 Å². The van der Waals surface area contributed by atoms with Crippen LogP contribution in [0.3, 0.4) is 0 Å². The molecule has 19 heavy (non-hydrogen) atoms. The first kappa shape index (κ1) is 13.0. The van der Waals surface area contributed by atoms with Crippen molar-refractivity contribution in [3.63, 3.8) is 0 Å². The molecule has 1 amide bonds. The van der Waals surface area contributed by atoms with Crippen LogP contribution in [0.1, 0.15) is 20.2 Å². The average molecular weight is 278 g/mol. The first-order valence-electron chi connectivity index (χ1n) is 5.33. The maximum absolute atomic E-state index is 11.6. The topological polar surface area (TPSA) is 92.4 Å². The second-order valence-electron chi connectivity index (χ2n) is 3.54. The van der Waals surface area contributed by atoms with Gasteiger partial charge in [-0.15, -0.1) is 11.3 Å². The van der Waals surface area contributed by atoms with E-state index in [9.17, 15) is 9.59 Å². The van der Waals surface area contributed by atoms with E-state index in [2.05, 4.69) is 15.0 Å². The fourth-order valence-corrected chi connectivity index (χ4v) is 2.18. The van der Waals surface area contributed by atoms with Gasteiger partial charge in [0.1, 0.15) is 6.26 Å². The standard InChI is InChI=1S/C12H10N2O4S/c15-11(16)4-3-8-1-2-9(19-8)7-13-12(17)10-5-6-18-14-10/h1-6H,7H2,(H,13,17)(H,15,16). The van der Waals surface area contributed by atoms with Crippen LogP contribution >= 0.6 is 11.3 Å². The smallest absolute Gasteiger partial charge is 0.328 e. The molecule has 0 aliphatic carbocycles. The molecule has 2 rings (SSSR count). The summed E-state index contributed by atoms with van der Waals surface area (Å²) in [5, 5.41) is 14.7. The highest BCUT2D eigenvalue weighted by atomic mass is 32.1. The quantitative estimate of drug-likeness (QED) is 0.813. The third-order valence-corrected chi connectivity index (χ3v) is 3.22. The van der Waals surface area contributed by atoms with Crippen molar-refractivity contribution >= 4 is 29.3 Å². The summed E-state index contributed by atoms with van der Waals surface area (Å²) >= 11 is 1.41. The number of amides is 1. The van der Waals surface area contributed by atoms with Crippen molar-refractivity contribution in [2.45, 2.75) is 6.54 Å². The normalized spacial score (nSPS) is 10.7. The lowest BCUT2D eigenvalue weighted by molar-refractivity contribution is -0.131. The Hall–Kier alpha value is -2.41. The fraction of sp³-hybridized carbons (Fsp3) is 0.0833. The van der Waals surface area contributed by atoms with Crippen LogP contribution in [-0.4, -0.2) is 22.1 Å². The van der Waals surface area contributed by atoms with Gasteiger partial charge in [-0.1, -0.05) is 5.16 Å². The molecule has 0 unspecified atom stereocenters. The van der Waals surface area contributed by atoms with Crippen molar-refractivity contribution < 1.29 is 19.2 Å². The molecule has 0 fully saturated rings. The van der Waals surface area contributed by atoms with E-state index in [1.54, 1.807) is 6.07 Å². The van der Waals surface area contributed by atoms with E-state index < -0.39 is 5.97 Å². The van der Waals surface area contributed by atoms with Crippen molar-refractivity contribution in [3.8, 4) is 0 Å². The minimum absolute atomic E-state index is 0.225. The van der Waals surface area contributed by atoms with E-state index in [0.717, 1.165) is 15.8 Å². The lowest BCUT2D eigenvalue weighted by atomic mass is 10.3. The van der Waals surface area contributed by atoms with Crippen LogP contribution in [0, 0.1) is 0 Å². The zero-order chi connectivity index (χ0) is 13.7. The van der Waals surface area contributed by atoms with Gasteiger partial charge in [-0.25, -0.2) is 4.79 Å². The van der Waals surface area contributed by atoms with Crippen LogP contribution in [0.25, 0.3) is 6.08 Å². The van der Waals surface area contributed by atoms with Crippen molar-refractivity contribution in [3.05, 3.63) is 46.0 Å². The lowest BCUT2D eigenvalue weighted by Gasteiger charge is -1.99. The number of thiophene rings is 1. The first-order valence-corrected chi connectivity index (χ1v) is 6.15. The highest BCUT2D eigenvalue weighted by Crippen LogP contribution is 2.17. The number of hydrogen-bond acceptors (Lipinski definition) is 5. The minimum Gasteiger partial charge on any atom is -0.478 e. The molecule has 2 N–H and O–H groups in total. The van der Waals surface area contributed by atoms with Gasteiger partial charge in [0.2, 0.25) is 0 Å². The van der Waals surface area contributed by atoms with Crippen molar-refractivity contribution in [1.29, 1.82) is 0 Å². The van der Waals surface area contributed by atoms with Crippen molar-refractivity contribution in [2.24, 2.45) is 0 Å². The van der Waals surface area contributed by atoms with E-state index >= 15 is 0 Å². The van der Waals surface area contributed by atoms with Gasteiger partial charge in [0.05, 0.1) is 6.54 Å². The maximum Gasteiger partial charge on any atom is 0.328 e. The van der Waals surface area contributed by atoms with Gasteiger partial charge in [-0.3, -0.25) is 4.79 Å². The molecule has 0 spiro atoms. The Labute approximate surface area is 112 Å². The van der Waals surface area contributed by atoms with E-state index in [0.29, 0.717) is 6.54 Å². The Bertz CT molecular complexity index is 601. The molecule has 0 bridgehead atoms. The molecule has 0 aromatic carbocycles. The van der Waals surface area contributed by atoms with Gasteiger partial charge in [-0.2, -0.15) is 0 Å². The number of aliphatic carboxylic acids is 1. The van der Waals surface area contributed by atoms with Gasteiger partial charge in [0, 0.05) is 21.9 Å². The van der Waals surface area contributed by atoms with Gasteiger partial charge in [-0.05, 0) is 18.2 Å². The summed E-state index contributed by atoms with van der Waals surface area (Å²) in [4.78, 5) is 23.7. The Morgan fingerprint density at radius 2 is 2.26 bits per heavy atom. The summed E-state index contributed by atoms with van der Waals surface area (Å²) < 4.78 is 4.57. The number of nitrogens with zero attached hydrogens (tertiary/aromatic N) is 1. The summed E-state index contributed by atoms with van der Waals surface area (Å²) in [5.41, 5.74) is 0.225. The molecule has 98 valence electrons.